The van der Waals surface area contributed by atoms with Crippen molar-refractivity contribution in [2.75, 3.05) is 0 Å². The van der Waals surface area contributed by atoms with Gasteiger partial charge in [-0.25, -0.2) is 0 Å². The Kier molecular flexibility index (Phi) is 5.19. The number of nitrogens with one attached hydrogen (secondary N) is 1. The molecule has 1 fully saturated rings. The summed E-state index contributed by atoms with van der Waals surface area (Å²) in [5, 5.41) is 12.3. The van der Waals surface area contributed by atoms with Gasteiger partial charge in [0.25, 0.3) is 5.89 Å². The van der Waals surface area contributed by atoms with E-state index in [0.717, 1.165) is 43.1 Å². The van der Waals surface area contributed by atoms with E-state index in [1.165, 1.54) is 27.8 Å². The monoisotopic (exact) mass is 455 g/mol. The van der Waals surface area contributed by atoms with Crippen LogP contribution in [-0.4, -0.2) is 22.5 Å². The molecular weight excluding hydrogens is 430 g/mol. The van der Waals surface area contributed by atoms with Crippen molar-refractivity contribution >= 4 is 17.6 Å². The molecule has 1 saturated carbocycles. The number of rotatable bonds is 6. The summed E-state index contributed by atoms with van der Waals surface area (Å²) in [6.45, 7) is 2.11. The first-order valence-electron chi connectivity index (χ1n) is 11.5. The van der Waals surface area contributed by atoms with Crippen LogP contribution in [0.2, 0.25) is 0 Å². The molecule has 0 saturated heterocycles. The fourth-order valence-corrected chi connectivity index (χ4v) is 5.78. The zero-order valence-corrected chi connectivity index (χ0v) is 19.3. The lowest BCUT2D eigenvalue weighted by Crippen LogP contribution is -2.43. The summed E-state index contributed by atoms with van der Waals surface area (Å²) in [6.07, 6.45) is 5.15. The van der Waals surface area contributed by atoms with Crippen LogP contribution in [-0.2, 0) is 11.2 Å². The molecule has 2 aliphatic rings. The predicted molar refractivity (Wildman–Crippen MR) is 130 cm³/mol. The zero-order valence-electron chi connectivity index (χ0n) is 18.5. The van der Waals surface area contributed by atoms with Crippen molar-refractivity contribution in [3.63, 3.8) is 0 Å². The van der Waals surface area contributed by atoms with Crippen LogP contribution >= 0.6 is 11.3 Å². The van der Waals surface area contributed by atoms with Crippen molar-refractivity contribution in [3.8, 4) is 34.0 Å². The van der Waals surface area contributed by atoms with E-state index in [4.69, 9.17) is 9.51 Å². The second-order valence-electron chi connectivity index (χ2n) is 9.20. The number of carbonyl (C=O) groups excluding carboxylic acids is 1. The highest BCUT2D eigenvalue weighted by atomic mass is 32.1. The molecule has 0 bridgehead atoms. The topological polar surface area (TPSA) is 68.0 Å². The highest BCUT2D eigenvalue weighted by molar-refractivity contribution is 7.08. The predicted octanol–water partition coefficient (Wildman–Crippen LogP) is 5.99. The number of aldehydes is 1. The highest BCUT2D eigenvalue weighted by Gasteiger charge is 2.32. The maximum absolute atomic E-state index is 10.9. The Bertz CT molecular complexity index is 1300. The standard InChI is InChI=1S/C27H25N3O2S/c1-16-10-20(3-5-23(16)21-8-9-33-15-21)27-29-26(30-32-27)19-2-6-24-18(13-19)4-7-25(24)28-22-11-17(12-22)14-31/h2-3,5-6,8-10,13-15,17,22,25,28H,4,7,11-12H2,1H3/t17?,22?,25-/m0/s1. The molecule has 4 aromatic rings. The van der Waals surface area contributed by atoms with Crippen LogP contribution in [0.1, 0.15) is 42.0 Å². The normalized spacial score (nSPS) is 21.5. The molecule has 2 aromatic carbocycles. The smallest absolute Gasteiger partial charge is 0.258 e. The molecule has 0 aliphatic heterocycles. The van der Waals surface area contributed by atoms with Gasteiger partial charge in [0.1, 0.15) is 6.29 Å². The molecule has 0 unspecified atom stereocenters. The van der Waals surface area contributed by atoms with Crippen LogP contribution in [0.4, 0.5) is 0 Å². The Balaban J connectivity index is 1.20. The van der Waals surface area contributed by atoms with E-state index in [-0.39, 0.29) is 5.92 Å². The minimum Gasteiger partial charge on any atom is -0.334 e. The fourth-order valence-electron chi connectivity index (χ4n) is 5.12. The van der Waals surface area contributed by atoms with E-state index < -0.39 is 0 Å². The maximum atomic E-state index is 10.9. The number of hydrogen-bond acceptors (Lipinski definition) is 6. The molecule has 33 heavy (non-hydrogen) atoms. The molecule has 0 radical (unpaired) electrons. The Morgan fingerprint density at radius 2 is 1.97 bits per heavy atom. The maximum Gasteiger partial charge on any atom is 0.258 e. The molecule has 6 heteroatoms. The number of aryl methyl sites for hydroxylation is 2. The van der Waals surface area contributed by atoms with Gasteiger partial charge in [0.2, 0.25) is 5.82 Å². The molecule has 1 atom stereocenters. The van der Waals surface area contributed by atoms with Gasteiger partial charge in [0.15, 0.2) is 0 Å². The highest BCUT2D eigenvalue weighted by Crippen LogP contribution is 2.37. The van der Waals surface area contributed by atoms with Gasteiger partial charge in [-0.2, -0.15) is 16.3 Å². The van der Waals surface area contributed by atoms with Crippen LogP contribution < -0.4 is 5.32 Å². The summed E-state index contributed by atoms with van der Waals surface area (Å²) in [5.74, 6) is 1.41. The van der Waals surface area contributed by atoms with Crippen molar-refractivity contribution in [1.82, 2.24) is 15.5 Å². The minimum absolute atomic E-state index is 0.244. The van der Waals surface area contributed by atoms with Gasteiger partial charge >= 0.3 is 0 Å². The lowest BCUT2D eigenvalue weighted by molar-refractivity contribution is -0.113. The van der Waals surface area contributed by atoms with Crippen molar-refractivity contribution in [2.24, 2.45) is 5.92 Å². The molecule has 2 heterocycles. The van der Waals surface area contributed by atoms with Gasteiger partial charge in [0.05, 0.1) is 0 Å². The minimum atomic E-state index is 0.244. The van der Waals surface area contributed by atoms with Crippen LogP contribution in [0.25, 0.3) is 34.0 Å². The molecule has 5 nitrogen and oxygen atoms in total. The van der Waals surface area contributed by atoms with E-state index in [2.05, 4.69) is 64.6 Å². The second-order valence-corrected chi connectivity index (χ2v) is 9.98. The third-order valence-electron chi connectivity index (χ3n) is 7.01. The van der Waals surface area contributed by atoms with E-state index >= 15 is 0 Å². The van der Waals surface area contributed by atoms with E-state index in [0.29, 0.717) is 23.8 Å². The van der Waals surface area contributed by atoms with Crippen LogP contribution in [0.3, 0.4) is 0 Å². The summed E-state index contributed by atoms with van der Waals surface area (Å²) in [4.78, 5) is 15.6. The summed E-state index contributed by atoms with van der Waals surface area (Å²) in [7, 11) is 0. The molecule has 166 valence electrons. The van der Waals surface area contributed by atoms with Crippen molar-refractivity contribution in [2.45, 2.75) is 44.7 Å². The quantitative estimate of drug-likeness (QED) is 0.362. The average Bonchev–Trinajstić information content (AvgIpc) is 3.56. The number of thiophene rings is 1. The number of nitrogens with zero attached hydrogens (tertiary/aromatic N) is 2. The molecule has 2 aliphatic carbocycles. The van der Waals surface area contributed by atoms with E-state index in [1.54, 1.807) is 11.3 Å². The van der Waals surface area contributed by atoms with Gasteiger partial charge in [-0.15, -0.1) is 0 Å². The van der Waals surface area contributed by atoms with Gasteiger partial charge in [0, 0.05) is 29.1 Å². The lowest BCUT2D eigenvalue weighted by atomic mass is 9.81. The van der Waals surface area contributed by atoms with Crippen molar-refractivity contribution in [1.29, 1.82) is 0 Å². The first-order chi connectivity index (χ1) is 16.2. The molecule has 1 N–H and O–H groups in total. The Labute approximate surface area is 196 Å². The van der Waals surface area contributed by atoms with E-state index in [9.17, 15) is 4.79 Å². The van der Waals surface area contributed by atoms with E-state index in [1.807, 2.05) is 6.07 Å². The van der Waals surface area contributed by atoms with Gasteiger partial charge in [-0.3, -0.25) is 0 Å². The van der Waals surface area contributed by atoms with Gasteiger partial charge in [-0.05, 0) is 95.4 Å². The summed E-state index contributed by atoms with van der Waals surface area (Å²) in [6, 6.07) is 15.7. The van der Waals surface area contributed by atoms with Crippen molar-refractivity contribution < 1.29 is 9.32 Å². The van der Waals surface area contributed by atoms with Crippen LogP contribution in [0, 0.1) is 12.8 Å². The molecule has 2 aromatic heterocycles. The molecule has 6 rings (SSSR count). The first-order valence-corrected chi connectivity index (χ1v) is 12.4. The number of carbonyl (C=O) groups is 1. The lowest BCUT2D eigenvalue weighted by Gasteiger charge is -2.35. The summed E-state index contributed by atoms with van der Waals surface area (Å²) in [5.41, 5.74) is 8.28. The summed E-state index contributed by atoms with van der Waals surface area (Å²) >= 11 is 1.70. The molecule has 0 amide bonds. The van der Waals surface area contributed by atoms with Crippen LogP contribution in [0.5, 0.6) is 0 Å². The zero-order chi connectivity index (χ0) is 22.4. The van der Waals surface area contributed by atoms with Crippen LogP contribution in [0.15, 0.2) is 57.7 Å². The molecular formula is C27H25N3O2S. The molecule has 0 spiro atoms. The Hall–Kier alpha value is -3.09. The fraction of sp³-hybridized carbons (Fsp3) is 0.296. The average molecular weight is 456 g/mol. The largest absolute Gasteiger partial charge is 0.334 e. The van der Waals surface area contributed by atoms with Crippen molar-refractivity contribution in [3.05, 3.63) is 69.9 Å². The number of benzene rings is 2. The van der Waals surface area contributed by atoms with Gasteiger partial charge < -0.3 is 14.6 Å². The first kappa shape index (κ1) is 20.5. The Morgan fingerprint density at radius 3 is 2.76 bits per heavy atom. The van der Waals surface area contributed by atoms with Gasteiger partial charge in [-0.1, -0.05) is 23.4 Å². The number of hydrogen-bond donors (Lipinski definition) is 1. The third kappa shape index (κ3) is 3.83. The number of fused-ring (bicyclic) bond motifs is 1. The third-order valence-corrected chi connectivity index (χ3v) is 7.70. The SMILES string of the molecule is Cc1cc(-c2nc(-c3ccc4c(c3)CC[C@@H]4NC3CC(C=O)C3)no2)ccc1-c1ccsc1. The summed E-state index contributed by atoms with van der Waals surface area (Å²) < 4.78 is 5.63. The second kappa shape index (κ2) is 8.36. The Morgan fingerprint density at radius 1 is 1.09 bits per heavy atom. The number of aromatic nitrogens is 2.